The number of rotatable bonds is 6. The number of nitrogens with zero attached hydrogens (tertiary/aromatic N) is 1. The molecule has 11 heteroatoms. The Morgan fingerprint density at radius 1 is 1.28 bits per heavy atom. The maximum atomic E-state index is 12.9. The van der Waals surface area contributed by atoms with Crippen LogP contribution in [-0.2, 0) is 11.0 Å². The van der Waals surface area contributed by atoms with Gasteiger partial charge in [0.05, 0.1) is 0 Å². The van der Waals surface area contributed by atoms with Crippen LogP contribution in [-0.4, -0.2) is 30.5 Å². The number of amides is 1. The van der Waals surface area contributed by atoms with Crippen molar-refractivity contribution < 1.29 is 32.1 Å². The molecule has 0 atom stereocenters. The van der Waals surface area contributed by atoms with E-state index in [1.54, 1.807) is 0 Å². The molecule has 0 fully saturated rings. The molecular weight excluding hydrogens is 412 g/mol. The fraction of sp³-hybridized carbons (Fsp3) is 0.143. The summed E-state index contributed by atoms with van der Waals surface area (Å²) < 4.78 is 43.1. The number of carbonyl (C=O) groups is 2. The Kier molecular flexibility index (Phi) is 5.60. The van der Waals surface area contributed by atoms with Gasteiger partial charge in [0, 0.05) is 0 Å². The average Bonchev–Trinajstić information content (AvgIpc) is 3.06. The number of nitro groups is 1. The van der Waals surface area contributed by atoms with Gasteiger partial charge < -0.3 is 0 Å². The van der Waals surface area contributed by atoms with Crippen LogP contribution in [0.3, 0.4) is 0 Å². The first-order valence-electron chi connectivity index (χ1n) is 6.54. The van der Waals surface area contributed by atoms with Gasteiger partial charge in [-0.1, -0.05) is 0 Å². The van der Waals surface area contributed by atoms with Gasteiger partial charge in [-0.25, -0.2) is 0 Å². The number of hydrogen-bond donors (Lipinski definition) is 1. The Balaban J connectivity index is 2.05. The fourth-order valence-corrected chi connectivity index (χ4v) is 3.04. The second-order valence-electron chi connectivity index (χ2n) is 4.59. The Morgan fingerprint density at radius 2 is 2.00 bits per heavy atom. The molecule has 0 aliphatic rings. The van der Waals surface area contributed by atoms with Crippen molar-refractivity contribution in [1.82, 2.24) is 0 Å². The topological polar surface area (TPSA) is 102 Å². The predicted molar refractivity (Wildman–Crippen MR) is 80.3 cm³/mol. The molecule has 2 aromatic rings. The number of carbonyl (C=O) groups excluding carboxylic acids is 2. The summed E-state index contributed by atoms with van der Waals surface area (Å²) in [5.74, 6) is -0.579. The monoisotopic (exact) mass is 422 g/mol. The van der Waals surface area contributed by atoms with Gasteiger partial charge in [-0.15, -0.1) is 0 Å². The van der Waals surface area contributed by atoms with Crippen LogP contribution in [0.1, 0.15) is 16.1 Å². The van der Waals surface area contributed by atoms with Crippen molar-refractivity contribution in [2.24, 2.45) is 0 Å². The molecule has 1 heterocycles. The first kappa shape index (κ1) is 18.7. The molecule has 0 radical (unpaired) electrons. The van der Waals surface area contributed by atoms with Crippen LogP contribution in [0.2, 0.25) is 5.32 Å². The zero-order valence-electron chi connectivity index (χ0n) is 12.2. The van der Waals surface area contributed by atoms with Gasteiger partial charge in [0.2, 0.25) is 0 Å². The summed E-state index contributed by atoms with van der Waals surface area (Å²) in [6.45, 7) is 0. The van der Waals surface area contributed by atoms with Crippen molar-refractivity contribution in [2.45, 2.75) is 11.5 Å². The van der Waals surface area contributed by atoms with Gasteiger partial charge in [-0.05, 0) is 0 Å². The molecule has 1 amide bonds. The quantitative estimate of drug-likeness (QED) is 0.439. The predicted octanol–water partition coefficient (Wildman–Crippen LogP) is 3.11. The minimum absolute atomic E-state index is 0.0995. The van der Waals surface area contributed by atoms with E-state index in [1.807, 2.05) is 0 Å². The molecule has 25 heavy (non-hydrogen) atoms. The number of halogens is 3. The number of anilines is 1. The normalized spacial score (nSPS) is 11.2. The van der Waals surface area contributed by atoms with E-state index in [0.717, 1.165) is 6.07 Å². The van der Waals surface area contributed by atoms with E-state index in [9.17, 15) is 32.9 Å². The van der Waals surface area contributed by atoms with Gasteiger partial charge in [-0.3, -0.25) is 0 Å². The molecule has 0 bridgehead atoms. The first-order chi connectivity index (χ1) is 11.7. The van der Waals surface area contributed by atoms with E-state index in [1.165, 1.54) is 18.4 Å². The molecule has 0 aliphatic heterocycles. The van der Waals surface area contributed by atoms with Crippen molar-refractivity contribution in [1.29, 1.82) is 0 Å². The van der Waals surface area contributed by atoms with Crippen molar-refractivity contribution in [2.75, 3.05) is 5.32 Å². The zero-order chi connectivity index (χ0) is 18.6. The van der Waals surface area contributed by atoms with E-state index in [2.05, 4.69) is 5.32 Å². The molecule has 7 nitrogen and oxygen atoms in total. The van der Waals surface area contributed by atoms with E-state index < -0.39 is 43.2 Å². The Bertz CT molecular complexity index is 805. The van der Waals surface area contributed by atoms with Crippen LogP contribution < -0.4 is 5.32 Å². The number of benzene rings is 1. The molecule has 0 saturated heterocycles. The van der Waals surface area contributed by atoms with Crippen molar-refractivity contribution in [3.63, 3.8) is 0 Å². The van der Waals surface area contributed by atoms with Gasteiger partial charge >= 0.3 is 144 Å². The number of nitro benzene ring substituents is 1. The maximum absolute atomic E-state index is 12.9. The van der Waals surface area contributed by atoms with Crippen LogP contribution in [0.5, 0.6) is 0 Å². The number of nitrogens with one attached hydrogen (secondary N) is 1. The molecule has 1 N–H and O–H groups in total. The van der Waals surface area contributed by atoms with Gasteiger partial charge in [0.15, 0.2) is 0 Å². The molecule has 1 aromatic heterocycles. The van der Waals surface area contributed by atoms with Crippen LogP contribution in [0.4, 0.5) is 24.5 Å². The summed E-state index contributed by atoms with van der Waals surface area (Å²) in [4.78, 5) is 33.0. The Labute approximate surface area is 144 Å². The van der Waals surface area contributed by atoms with Crippen LogP contribution in [0, 0.1) is 10.1 Å². The average molecular weight is 421 g/mol. The summed E-state index contributed by atoms with van der Waals surface area (Å²) in [6, 6.07) is 5.09. The molecule has 0 saturated carbocycles. The second kappa shape index (κ2) is 7.49. The summed E-state index contributed by atoms with van der Waals surface area (Å²) in [6.07, 6.45) is -3.64. The van der Waals surface area contributed by atoms with Crippen molar-refractivity contribution in [3.05, 3.63) is 58.0 Å². The Morgan fingerprint density at radius 3 is 2.56 bits per heavy atom. The molecule has 2 rings (SSSR count). The van der Waals surface area contributed by atoms with Crippen molar-refractivity contribution >= 4 is 36.9 Å². The molecular formula is C14H9F3N2O5Se. The van der Waals surface area contributed by atoms with Crippen molar-refractivity contribution in [3.8, 4) is 0 Å². The molecule has 0 unspecified atom stereocenters. The molecule has 0 aliphatic carbocycles. The summed E-state index contributed by atoms with van der Waals surface area (Å²) >= 11 is -0.796. The van der Waals surface area contributed by atoms with E-state index in [-0.39, 0.29) is 21.4 Å². The van der Waals surface area contributed by atoms with Crippen LogP contribution >= 0.6 is 0 Å². The third kappa shape index (κ3) is 4.91. The number of alkyl halides is 3. The summed E-state index contributed by atoms with van der Waals surface area (Å²) in [5.41, 5.74) is -2.82. The SMILES string of the molecule is O=C(C[Se]C(=O)c1ccco1)Nc1ccc([N+](=O)[O-])c(C(F)(F)F)c1. The van der Waals surface area contributed by atoms with E-state index >= 15 is 0 Å². The van der Waals surface area contributed by atoms with E-state index in [4.69, 9.17) is 4.42 Å². The summed E-state index contributed by atoms with van der Waals surface area (Å²) in [7, 11) is 0. The Hall–Kier alpha value is -2.65. The molecule has 1 aromatic carbocycles. The van der Waals surface area contributed by atoms with E-state index in [0.29, 0.717) is 12.1 Å². The number of furan rings is 1. The van der Waals surface area contributed by atoms with Gasteiger partial charge in [-0.2, -0.15) is 0 Å². The first-order valence-corrected chi connectivity index (χ1v) is 8.61. The number of hydrogen-bond acceptors (Lipinski definition) is 5. The van der Waals surface area contributed by atoms with Gasteiger partial charge in [0.25, 0.3) is 0 Å². The third-order valence-electron chi connectivity index (χ3n) is 2.84. The van der Waals surface area contributed by atoms with Crippen LogP contribution in [0.15, 0.2) is 41.0 Å². The third-order valence-corrected chi connectivity index (χ3v) is 4.66. The molecule has 132 valence electrons. The van der Waals surface area contributed by atoms with Crippen LogP contribution in [0.25, 0.3) is 0 Å². The molecule has 0 spiro atoms. The fourth-order valence-electron chi connectivity index (χ4n) is 1.79. The summed E-state index contributed by atoms with van der Waals surface area (Å²) in [5, 5.41) is 12.6. The second-order valence-corrected chi connectivity index (χ2v) is 6.58. The standard InChI is InChI=1S/C14H9F3N2O5Se/c15-14(16,17)9-6-8(3-4-10(9)19(22)23)18-12(20)7-25-13(21)11-2-1-5-24-11/h1-6H,7H2,(H,18,20). The zero-order valence-corrected chi connectivity index (χ0v) is 13.9. The minimum atomic E-state index is -4.94. The van der Waals surface area contributed by atoms with Gasteiger partial charge in [0.1, 0.15) is 0 Å².